The fraction of sp³-hybridized carbons (Fsp3) is 0.176. The van der Waals surface area contributed by atoms with E-state index in [0.29, 0.717) is 17.1 Å². The first-order valence-electron chi connectivity index (χ1n) is 6.99. The number of nitrogens with one attached hydrogen (secondary N) is 1. The molecule has 1 aliphatic heterocycles. The fourth-order valence-corrected chi connectivity index (χ4v) is 2.45. The van der Waals surface area contributed by atoms with Gasteiger partial charge in [0, 0.05) is 17.1 Å². The quantitative estimate of drug-likeness (QED) is 0.937. The second-order valence-electron chi connectivity index (χ2n) is 5.10. The lowest BCUT2D eigenvalue weighted by atomic mass is 10.0. The highest BCUT2D eigenvalue weighted by Crippen LogP contribution is 2.24. The van der Waals surface area contributed by atoms with Crippen molar-refractivity contribution in [2.75, 3.05) is 5.32 Å². The molecule has 1 amide bonds. The van der Waals surface area contributed by atoms with E-state index >= 15 is 0 Å². The second-order valence-corrected chi connectivity index (χ2v) is 5.51. The number of anilines is 1. The predicted molar refractivity (Wildman–Crippen MR) is 87.3 cm³/mol. The molecule has 22 heavy (non-hydrogen) atoms. The Morgan fingerprint density at radius 1 is 1.23 bits per heavy atom. The van der Waals surface area contributed by atoms with Crippen molar-refractivity contribution in [1.29, 1.82) is 0 Å². The summed E-state index contributed by atoms with van der Waals surface area (Å²) < 4.78 is 0. The van der Waals surface area contributed by atoms with Gasteiger partial charge in [0.05, 0.1) is 5.71 Å². The first kappa shape index (κ1) is 14.6. The molecule has 1 aliphatic rings. The van der Waals surface area contributed by atoms with Gasteiger partial charge < -0.3 is 10.2 Å². The van der Waals surface area contributed by atoms with Crippen LogP contribution < -0.4 is 5.32 Å². The van der Waals surface area contributed by atoms with Gasteiger partial charge >= 0.3 is 0 Å². The fourth-order valence-electron chi connectivity index (χ4n) is 2.28. The minimum absolute atomic E-state index is 0.222. The molecule has 0 aromatic heterocycles. The normalized spacial score (nSPS) is 16.8. The van der Waals surface area contributed by atoms with Crippen LogP contribution in [-0.4, -0.2) is 17.7 Å². The molecule has 0 saturated heterocycles. The van der Waals surface area contributed by atoms with Crippen LogP contribution in [0.3, 0.4) is 0 Å². The molecule has 0 saturated carbocycles. The Morgan fingerprint density at radius 2 is 2.00 bits per heavy atom. The minimum atomic E-state index is -0.617. The van der Waals surface area contributed by atoms with Crippen LogP contribution in [0.1, 0.15) is 17.5 Å². The largest absolute Gasteiger partial charge is 0.382 e. The Bertz CT molecular complexity index is 729. The highest BCUT2D eigenvalue weighted by molar-refractivity contribution is 6.31. The van der Waals surface area contributed by atoms with Crippen molar-refractivity contribution in [3.05, 3.63) is 64.7 Å². The number of rotatable bonds is 3. The molecule has 1 atom stereocenters. The molecule has 4 nitrogen and oxygen atoms in total. The van der Waals surface area contributed by atoms with Crippen LogP contribution in [-0.2, 0) is 9.63 Å². The highest BCUT2D eigenvalue weighted by atomic mass is 35.5. The van der Waals surface area contributed by atoms with Crippen molar-refractivity contribution in [3.8, 4) is 0 Å². The lowest BCUT2D eigenvalue weighted by Gasteiger charge is -2.12. The number of benzene rings is 2. The van der Waals surface area contributed by atoms with Crippen molar-refractivity contribution >= 4 is 28.9 Å². The van der Waals surface area contributed by atoms with Crippen molar-refractivity contribution in [3.63, 3.8) is 0 Å². The molecule has 0 aliphatic carbocycles. The first-order valence-corrected chi connectivity index (χ1v) is 7.37. The molecule has 2 aromatic rings. The number of hydrogen-bond donors (Lipinski definition) is 1. The van der Waals surface area contributed by atoms with Gasteiger partial charge in [-0.3, -0.25) is 4.79 Å². The molecule has 1 N–H and O–H groups in total. The second kappa shape index (κ2) is 6.20. The van der Waals surface area contributed by atoms with E-state index in [1.807, 2.05) is 43.3 Å². The molecule has 3 rings (SSSR count). The van der Waals surface area contributed by atoms with Crippen LogP contribution in [0.15, 0.2) is 53.7 Å². The Morgan fingerprint density at radius 3 is 2.77 bits per heavy atom. The third-order valence-corrected chi connectivity index (χ3v) is 4.00. The summed E-state index contributed by atoms with van der Waals surface area (Å²) in [7, 11) is 0. The molecule has 0 radical (unpaired) electrons. The van der Waals surface area contributed by atoms with Gasteiger partial charge in [0.1, 0.15) is 0 Å². The molecular weight excluding hydrogens is 300 g/mol. The summed E-state index contributed by atoms with van der Waals surface area (Å²) in [6.45, 7) is 1.86. The van der Waals surface area contributed by atoms with Crippen molar-refractivity contribution < 1.29 is 9.63 Å². The summed E-state index contributed by atoms with van der Waals surface area (Å²) >= 11 is 6.05. The molecule has 1 heterocycles. The van der Waals surface area contributed by atoms with Crippen LogP contribution in [0.25, 0.3) is 0 Å². The third kappa shape index (κ3) is 2.97. The first-order chi connectivity index (χ1) is 10.6. The van der Waals surface area contributed by atoms with Gasteiger partial charge in [-0.25, -0.2) is 0 Å². The van der Waals surface area contributed by atoms with Gasteiger partial charge in [-0.05, 0) is 30.2 Å². The van der Waals surface area contributed by atoms with Crippen molar-refractivity contribution in [1.82, 2.24) is 0 Å². The number of nitrogens with zero attached hydrogens (tertiary/aromatic N) is 1. The zero-order valence-electron chi connectivity index (χ0n) is 12.0. The van der Waals surface area contributed by atoms with Crippen LogP contribution in [0, 0.1) is 6.92 Å². The topological polar surface area (TPSA) is 50.7 Å². The van der Waals surface area contributed by atoms with Crippen LogP contribution in [0.5, 0.6) is 0 Å². The average molecular weight is 315 g/mol. The van der Waals surface area contributed by atoms with E-state index in [0.717, 1.165) is 16.8 Å². The molecule has 0 bridgehead atoms. The zero-order chi connectivity index (χ0) is 15.5. The summed E-state index contributed by atoms with van der Waals surface area (Å²) in [6.07, 6.45) is -0.163. The maximum absolute atomic E-state index is 12.3. The van der Waals surface area contributed by atoms with Gasteiger partial charge in [-0.2, -0.15) is 0 Å². The Balaban J connectivity index is 1.67. The van der Waals surface area contributed by atoms with E-state index in [1.54, 1.807) is 12.1 Å². The Kier molecular flexibility index (Phi) is 4.11. The monoisotopic (exact) mass is 314 g/mol. The van der Waals surface area contributed by atoms with E-state index in [4.69, 9.17) is 16.4 Å². The lowest BCUT2D eigenvalue weighted by molar-refractivity contribution is -0.125. The molecule has 5 heteroatoms. The molecule has 2 aromatic carbocycles. The molecule has 1 unspecified atom stereocenters. The van der Waals surface area contributed by atoms with Crippen molar-refractivity contribution in [2.45, 2.75) is 19.4 Å². The maximum atomic E-state index is 12.3. The number of carbonyl (C=O) groups is 1. The highest BCUT2D eigenvalue weighted by Gasteiger charge is 2.29. The minimum Gasteiger partial charge on any atom is -0.382 e. The van der Waals surface area contributed by atoms with E-state index < -0.39 is 6.10 Å². The number of hydrogen-bond acceptors (Lipinski definition) is 3. The smallest absolute Gasteiger partial charge is 0.268 e. The van der Waals surface area contributed by atoms with Gasteiger partial charge in [-0.15, -0.1) is 0 Å². The summed E-state index contributed by atoms with van der Waals surface area (Å²) in [4.78, 5) is 17.6. The number of amides is 1. The van der Waals surface area contributed by atoms with Crippen LogP contribution in [0.2, 0.25) is 5.02 Å². The van der Waals surface area contributed by atoms with Crippen molar-refractivity contribution in [2.24, 2.45) is 5.16 Å². The number of oxime groups is 1. The number of halogens is 1. The van der Waals surface area contributed by atoms with E-state index in [1.165, 1.54) is 0 Å². The van der Waals surface area contributed by atoms with Crippen LogP contribution >= 0.6 is 11.6 Å². The Labute approximate surface area is 133 Å². The average Bonchev–Trinajstić information content (AvgIpc) is 3.03. The van der Waals surface area contributed by atoms with Gasteiger partial charge in [-0.1, -0.05) is 53.2 Å². The molecule has 112 valence electrons. The standard InChI is InChI=1S/C17H15ClN2O2/c1-11-13(18)8-5-9-14(11)19-17(21)16-10-15(20-22-16)12-6-3-2-4-7-12/h2-9,16H,10H2,1H3,(H,19,21). The molecular formula is C17H15ClN2O2. The zero-order valence-corrected chi connectivity index (χ0v) is 12.8. The van der Waals surface area contributed by atoms with E-state index in [9.17, 15) is 4.79 Å². The Hall–Kier alpha value is -2.33. The number of carbonyl (C=O) groups excluding carboxylic acids is 1. The summed E-state index contributed by atoms with van der Waals surface area (Å²) in [5.74, 6) is -0.222. The summed E-state index contributed by atoms with van der Waals surface area (Å²) in [5.41, 5.74) is 3.27. The predicted octanol–water partition coefficient (Wildman–Crippen LogP) is 3.78. The lowest BCUT2D eigenvalue weighted by Crippen LogP contribution is -2.28. The summed E-state index contributed by atoms with van der Waals surface area (Å²) in [5, 5.41) is 7.48. The third-order valence-electron chi connectivity index (χ3n) is 3.59. The molecule has 0 fully saturated rings. The van der Waals surface area contributed by atoms with Gasteiger partial charge in [0.2, 0.25) is 6.10 Å². The summed E-state index contributed by atoms with van der Waals surface area (Å²) in [6, 6.07) is 15.1. The molecule has 0 spiro atoms. The van der Waals surface area contributed by atoms with E-state index in [-0.39, 0.29) is 5.91 Å². The van der Waals surface area contributed by atoms with Gasteiger partial charge in [0.15, 0.2) is 0 Å². The van der Waals surface area contributed by atoms with E-state index in [2.05, 4.69) is 10.5 Å². The van der Waals surface area contributed by atoms with Gasteiger partial charge in [0.25, 0.3) is 5.91 Å². The maximum Gasteiger partial charge on any atom is 0.268 e. The SMILES string of the molecule is Cc1c(Cl)cccc1NC(=O)C1CC(c2ccccc2)=NO1. The van der Waals surface area contributed by atoms with Crippen LogP contribution in [0.4, 0.5) is 5.69 Å².